The summed E-state index contributed by atoms with van der Waals surface area (Å²) < 4.78 is 5.14. The van der Waals surface area contributed by atoms with Gasteiger partial charge in [0.15, 0.2) is 0 Å². The molecule has 3 aromatic rings. The molecule has 0 saturated heterocycles. The van der Waals surface area contributed by atoms with Crippen LogP contribution in [-0.2, 0) is 0 Å². The van der Waals surface area contributed by atoms with Crippen molar-refractivity contribution >= 4 is 34.7 Å². The molecule has 0 saturated carbocycles. The van der Waals surface area contributed by atoms with Crippen LogP contribution in [0.2, 0.25) is 5.15 Å². The largest absolute Gasteiger partial charge is 0.506 e. The first-order chi connectivity index (χ1) is 10.5. The molecule has 0 aliphatic rings. The van der Waals surface area contributed by atoms with Gasteiger partial charge in [0.1, 0.15) is 22.0 Å². The molecule has 2 heterocycles. The summed E-state index contributed by atoms with van der Waals surface area (Å²) in [5.41, 5.74) is 0.178. The summed E-state index contributed by atoms with van der Waals surface area (Å²) in [4.78, 5) is 23.9. The second kappa shape index (κ2) is 5.57. The molecule has 3 rings (SSSR count). The Morgan fingerprint density at radius 1 is 1.32 bits per heavy atom. The van der Waals surface area contributed by atoms with Gasteiger partial charge in [-0.2, -0.15) is 4.98 Å². The fourth-order valence-electron chi connectivity index (χ4n) is 1.96. The molecule has 0 spiro atoms. The molecule has 0 unspecified atom stereocenters. The van der Waals surface area contributed by atoms with E-state index in [1.54, 1.807) is 37.3 Å². The first-order valence-corrected chi connectivity index (χ1v) is 6.72. The third-order valence-electron chi connectivity index (χ3n) is 2.94. The van der Waals surface area contributed by atoms with E-state index in [1.165, 1.54) is 6.21 Å². The normalized spacial score (nSPS) is 11.4. The van der Waals surface area contributed by atoms with E-state index < -0.39 is 5.63 Å². The van der Waals surface area contributed by atoms with Gasteiger partial charge < -0.3 is 9.52 Å². The average Bonchev–Trinajstić information content (AvgIpc) is 2.46. The van der Waals surface area contributed by atoms with Gasteiger partial charge in [-0.25, -0.2) is 14.8 Å². The van der Waals surface area contributed by atoms with Crippen LogP contribution in [0, 0.1) is 6.92 Å². The van der Waals surface area contributed by atoms with Crippen molar-refractivity contribution in [3.05, 3.63) is 57.2 Å². The molecular formula is C15H10ClN3O3. The summed E-state index contributed by atoms with van der Waals surface area (Å²) in [5, 5.41) is 10.9. The molecular weight excluding hydrogens is 306 g/mol. The zero-order chi connectivity index (χ0) is 15.7. The summed E-state index contributed by atoms with van der Waals surface area (Å²) >= 11 is 5.82. The van der Waals surface area contributed by atoms with Gasteiger partial charge in [-0.3, -0.25) is 0 Å². The van der Waals surface area contributed by atoms with Gasteiger partial charge in [-0.15, -0.1) is 0 Å². The molecule has 6 nitrogen and oxygen atoms in total. The second-order valence-corrected chi connectivity index (χ2v) is 4.93. The maximum Gasteiger partial charge on any atom is 0.348 e. The number of para-hydroxylation sites is 1. The van der Waals surface area contributed by atoms with Gasteiger partial charge in [-0.05, 0) is 25.1 Å². The van der Waals surface area contributed by atoms with E-state index >= 15 is 0 Å². The van der Waals surface area contributed by atoms with Crippen LogP contribution < -0.4 is 5.63 Å². The van der Waals surface area contributed by atoms with Crippen LogP contribution in [0.3, 0.4) is 0 Å². The van der Waals surface area contributed by atoms with E-state index in [1.807, 2.05) is 0 Å². The number of nitrogens with zero attached hydrogens (tertiary/aromatic N) is 3. The van der Waals surface area contributed by atoms with Crippen molar-refractivity contribution in [3.63, 3.8) is 0 Å². The van der Waals surface area contributed by atoms with Crippen LogP contribution in [0.4, 0.5) is 5.95 Å². The molecule has 0 aliphatic heterocycles. The molecule has 0 amide bonds. The Morgan fingerprint density at radius 2 is 2.09 bits per heavy atom. The molecule has 0 bridgehead atoms. The van der Waals surface area contributed by atoms with Crippen molar-refractivity contribution in [3.8, 4) is 5.75 Å². The van der Waals surface area contributed by atoms with E-state index in [0.29, 0.717) is 16.7 Å². The Kier molecular flexibility index (Phi) is 3.60. The van der Waals surface area contributed by atoms with E-state index in [9.17, 15) is 9.90 Å². The highest BCUT2D eigenvalue weighted by molar-refractivity contribution is 6.29. The van der Waals surface area contributed by atoms with Gasteiger partial charge >= 0.3 is 5.63 Å². The maximum atomic E-state index is 11.9. The molecule has 7 heteroatoms. The van der Waals surface area contributed by atoms with Crippen LogP contribution in [0.1, 0.15) is 11.3 Å². The highest BCUT2D eigenvalue weighted by Crippen LogP contribution is 2.25. The summed E-state index contributed by atoms with van der Waals surface area (Å²) in [7, 11) is 0. The quantitative estimate of drug-likeness (QED) is 0.446. The smallest absolute Gasteiger partial charge is 0.348 e. The molecule has 2 aromatic heterocycles. The first-order valence-electron chi connectivity index (χ1n) is 6.34. The third kappa shape index (κ3) is 2.68. The molecule has 0 atom stereocenters. The Labute approximate surface area is 129 Å². The minimum atomic E-state index is -0.696. The third-order valence-corrected chi connectivity index (χ3v) is 3.13. The number of aromatic nitrogens is 2. The predicted molar refractivity (Wildman–Crippen MR) is 83.2 cm³/mol. The lowest BCUT2D eigenvalue weighted by atomic mass is 10.1. The highest BCUT2D eigenvalue weighted by atomic mass is 35.5. The summed E-state index contributed by atoms with van der Waals surface area (Å²) in [6.45, 7) is 1.74. The average molecular weight is 316 g/mol. The molecule has 0 radical (unpaired) electrons. The fourth-order valence-corrected chi connectivity index (χ4v) is 2.19. The molecule has 1 N–H and O–H groups in total. The van der Waals surface area contributed by atoms with Crippen LogP contribution in [0.5, 0.6) is 5.75 Å². The number of fused-ring (bicyclic) bond motifs is 1. The number of aromatic hydroxyl groups is 1. The van der Waals surface area contributed by atoms with Crippen LogP contribution in [-0.4, -0.2) is 21.3 Å². The minimum absolute atomic E-state index is 0.0695. The zero-order valence-electron chi connectivity index (χ0n) is 11.4. The van der Waals surface area contributed by atoms with Crippen LogP contribution in [0.15, 0.2) is 44.5 Å². The van der Waals surface area contributed by atoms with Gasteiger partial charge in [0.05, 0.1) is 5.39 Å². The SMILES string of the molecule is Cc1cc(Cl)nc(/N=C/c2c(O)c3ccccc3oc2=O)n1. The topological polar surface area (TPSA) is 88.6 Å². The second-order valence-electron chi connectivity index (χ2n) is 4.54. The highest BCUT2D eigenvalue weighted by Gasteiger charge is 2.11. The number of halogens is 1. The van der Waals surface area contributed by atoms with Crippen molar-refractivity contribution in [2.24, 2.45) is 4.99 Å². The van der Waals surface area contributed by atoms with E-state index in [-0.39, 0.29) is 22.4 Å². The Morgan fingerprint density at radius 3 is 2.86 bits per heavy atom. The Bertz CT molecular complexity index is 930. The molecule has 22 heavy (non-hydrogen) atoms. The van der Waals surface area contributed by atoms with Crippen LogP contribution >= 0.6 is 11.6 Å². The number of hydrogen-bond acceptors (Lipinski definition) is 6. The molecule has 0 aliphatic carbocycles. The fraction of sp³-hybridized carbons (Fsp3) is 0.0667. The van der Waals surface area contributed by atoms with Gasteiger partial charge in [0.25, 0.3) is 5.95 Å². The van der Waals surface area contributed by atoms with Crippen molar-refractivity contribution in [2.75, 3.05) is 0 Å². The molecule has 0 fully saturated rings. The number of aliphatic imine (C=N–C) groups is 1. The monoisotopic (exact) mass is 315 g/mol. The van der Waals surface area contributed by atoms with E-state index in [2.05, 4.69) is 15.0 Å². The van der Waals surface area contributed by atoms with E-state index in [4.69, 9.17) is 16.0 Å². The minimum Gasteiger partial charge on any atom is -0.506 e. The lowest BCUT2D eigenvalue weighted by Crippen LogP contribution is -2.07. The summed E-state index contributed by atoms with van der Waals surface area (Å²) in [6.07, 6.45) is 1.17. The number of hydrogen-bond donors (Lipinski definition) is 1. The zero-order valence-corrected chi connectivity index (χ0v) is 12.2. The standard InChI is InChI=1S/C15H10ClN3O3/c1-8-6-12(16)19-15(18-8)17-7-10-13(20)9-4-2-3-5-11(9)22-14(10)21/h2-7,20H,1H3/b17-7+. The number of benzene rings is 1. The lowest BCUT2D eigenvalue weighted by molar-refractivity contribution is 0.466. The Hall–Kier alpha value is -2.73. The van der Waals surface area contributed by atoms with Crippen molar-refractivity contribution in [1.29, 1.82) is 0 Å². The van der Waals surface area contributed by atoms with Crippen LogP contribution in [0.25, 0.3) is 11.0 Å². The number of aryl methyl sites for hydroxylation is 1. The summed E-state index contributed by atoms with van der Waals surface area (Å²) in [5.74, 6) is -0.105. The van der Waals surface area contributed by atoms with Gasteiger partial charge in [0.2, 0.25) is 0 Å². The number of rotatable bonds is 2. The lowest BCUT2D eigenvalue weighted by Gasteiger charge is -2.02. The molecule has 1 aromatic carbocycles. The molecule has 110 valence electrons. The summed E-state index contributed by atoms with van der Waals surface area (Å²) in [6, 6.07) is 8.27. The Balaban J connectivity index is 2.10. The van der Waals surface area contributed by atoms with Crippen molar-refractivity contribution in [2.45, 2.75) is 6.92 Å². The van der Waals surface area contributed by atoms with Crippen molar-refractivity contribution < 1.29 is 9.52 Å². The van der Waals surface area contributed by atoms with Gasteiger partial charge in [-0.1, -0.05) is 23.7 Å². The van der Waals surface area contributed by atoms with Crippen molar-refractivity contribution in [1.82, 2.24) is 9.97 Å². The van der Waals surface area contributed by atoms with Gasteiger partial charge in [0, 0.05) is 11.9 Å². The maximum absolute atomic E-state index is 11.9. The predicted octanol–water partition coefficient (Wildman–Crippen LogP) is 3.00. The van der Waals surface area contributed by atoms with E-state index in [0.717, 1.165) is 0 Å². The first kappa shape index (κ1) is 14.2.